The Morgan fingerprint density at radius 1 is 1.19 bits per heavy atom. The Hall–Kier alpha value is -2.21. The van der Waals surface area contributed by atoms with Crippen molar-refractivity contribution < 1.29 is 9.59 Å². The second kappa shape index (κ2) is 6.49. The second-order valence-corrected chi connectivity index (χ2v) is 5.40. The number of nitrogens with two attached hydrogens (primary N) is 1. The standard InChI is InChI=1S/C15H14BrN3O2/c1-19(15(21)12-6-7-18-13(16)8-12)9-10-2-4-11(5-3-10)14(17)20/h2-8H,9H2,1H3,(H2,17,20). The van der Waals surface area contributed by atoms with Gasteiger partial charge in [0.1, 0.15) is 4.60 Å². The summed E-state index contributed by atoms with van der Waals surface area (Å²) < 4.78 is 0.618. The molecule has 0 aliphatic carbocycles. The van der Waals surface area contributed by atoms with Crippen LogP contribution in [0.3, 0.4) is 0 Å². The van der Waals surface area contributed by atoms with Gasteiger partial charge in [-0.3, -0.25) is 9.59 Å². The normalized spacial score (nSPS) is 10.2. The lowest BCUT2D eigenvalue weighted by Crippen LogP contribution is -2.26. The molecule has 0 unspecified atom stereocenters. The van der Waals surface area contributed by atoms with Gasteiger partial charge in [-0.1, -0.05) is 12.1 Å². The first kappa shape index (κ1) is 15.2. The van der Waals surface area contributed by atoms with Crippen molar-refractivity contribution in [1.29, 1.82) is 0 Å². The monoisotopic (exact) mass is 347 g/mol. The molecule has 0 atom stereocenters. The van der Waals surface area contributed by atoms with E-state index in [0.717, 1.165) is 5.56 Å². The number of carbonyl (C=O) groups is 2. The van der Waals surface area contributed by atoms with Crippen LogP contribution in [0.1, 0.15) is 26.3 Å². The fourth-order valence-corrected chi connectivity index (χ4v) is 2.24. The molecule has 6 heteroatoms. The first-order valence-corrected chi connectivity index (χ1v) is 7.02. The van der Waals surface area contributed by atoms with Crippen LogP contribution in [-0.4, -0.2) is 28.7 Å². The number of carbonyl (C=O) groups excluding carboxylic acids is 2. The molecular formula is C15H14BrN3O2. The lowest BCUT2D eigenvalue weighted by molar-refractivity contribution is 0.0784. The number of pyridine rings is 1. The van der Waals surface area contributed by atoms with Crippen LogP contribution < -0.4 is 5.73 Å². The molecule has 2 amide bonds. The molecule has 0 radical (unpaired) electrons. The van der Waals surface area contributed by atoms with E-state index >= 15 is 0 Å². The summed E-state index contributed by atoms with van der Waals surface area (Å²) in [5.74, 6) is -0.565. The van der Waals surface area contributed by atoms with Gasteiger partial charge in [-0.25, -0.2) is 4.98 Å². The summed E-state index contributed by atoms with van der Waals surface area (Å²) in [7, 11) is 1.72. The molecule has 1 heterocycles. The maximum atomic E-state index is 12.3. The fourth-order valence-electron chi connectivity index (χ4n) is 1.88. The first-order valence-electron chi connectivity index (χ1n) is 6.23. The zero-order valence-electron chi connectivity index (χ0n) is 11.4. The van der Waals surface area contributed by atoms with Crippen LogP contribution in [0.2, 0.25) is 0 Å². The molecule has 1 aromatic heterocycles. The van der Waals surface area contributed by atoms with Crippen molar-refractivity contribution in [3.05, 3.63) is 63.9 Å². The van der Waals surface area contributed by atoms with Gasteiger partial charge in [0, 0.05) is 30.9 Å². The van der Waals surface area contributed by atoms with Crippen molar-refractivity contribution in [2.45, 2.75) is 6.54 Å². The molecule has 2 N–H and O–H groups in total. The van der Waals surface area contributed by atoms with Gasteiger partial charge < -0.3 is 10.6 Å². The van der Waals surface area contributed by atoms with Gasteiger partial charge in [0.05, 0.1) is 0 Å². The van der Waals surface area contributed by atoms with Gasteiger partial charge in [-0.05, 0) is 45.8 Å². The SMILES string of the molecule is CN(Cc1ccc(C(N)=O)cc1)C(=O)c1ccnc(Br)c1. The average molecular weight is 348 g/mol. The predicted octanol–water partition coefficient (Wildman–Crippen LogP) is 2.22. The highest BCUT2D eigenvalue weighted by Crippen LogP contribution is 2.12. The summed E-state index contributed by atoms with van der Waals surface area (Å²) in [6, 6.07) is 10.2. The Morgan fingerprint density at radius 3 is 2.43 bits per heavy atom. The minimum atomic E-state index is -0.465. The van der Waals surface area contributed by atoms with Crippen LogP contribution >= 0.6 is 15.9 Å². The van der Waals surface area contributed by atoms with Gasteiger partial charge in [0.2, 0.25) is 5.91 Å². The number of halogens is 1. The Morgan fingerprint density at radius 2 is 1.86 bits per heavy atom. The summed E-state index contributed by atoms with van der Waals surface area (Å²) >= 11 is 3.24. The van der Waals surface area contributed by atoms with Gasteiger partial charge in [-0.15, -0.1) is 0 Å². The molecule has 0 saturated heterocycles. The lowest BCUT2D eigenvalue weighted by atomic mass is 10.1. The van der Waals surface area contributed by atoms with Crippen LogP contribution in [0.15, 0.2) is 47.2 Å². The molecular weight excluding hydrogens is 334 g/mol. The second-order valence-electron chi connectivity index (χ2n) is 4.59. The first-order chi connectivity index (χ1) is 9.97. The van der Waals surface area contributed by atoms with E-state index in [1.807, 2.05) is 0 Å². The molecule has 5 nitrogen and oxygen atoms in total. The molecule has 21 heavy (non-hydrogen) atoms. The fraction of sp³-hybridized carbons (Fsp3) is 0.133. The third-order valence-electron chi connectivity index (χ3n) is 2.98. The Balaban J connectivity index is 2.08. The molecule has 0 fully saturated rings. The molecule has 0 bridgehead atoms. The van der Waals surface area contributed by atoms with E-state index in [9.17, 15) is 9.59 Å². The Labute approximate surface area is 130 Å². The van der Waals surface area contributed by atoms with E-state index in [-0.39, 0.29) is 5.91 Å². The molecule has 0 saturated carbocycles. The van der Waals surface area contributed by atoms with Crippen LogP contribution in [0.25, 0.3) is 0 Å². The third kappa shape index (κ3) is 3.88. The maximum absolute atomic E-state index is 12.3. The van der Waals surface area contributed by atoms with Gasteiger partial charge in [0.25, 0.3) is 5.91 Å². The summed E-state index contributed by atoms with van der Waals surface area (Å²) in [5.41, 5.74) is 7.12. The minimum absolute atomic E-state index is 0.0999. The molecule has 2 rings (SSSR count). The number of amides is 2. The third-order valence-corrected chi connectivity index (χ3v) is 3.41. The Bertz CT molecular complexity index is 671. The lowest BCUT2D eigenvalue weighted by Gasteiger charge is -2.17. The van der Waals surface area contributed by atoms with E-state index in [1.165, 1.54) is 0 Å². The topological polar surface area (TPSA) is 76.3 Å². The molecule has 2 aromatic rings. The van der Waals surface area contributed by atoms with Crippen molar-refractivity contribution in [3.63, 3.8) is 0 Å². The number of aromatic nitrogens is 1. The van der Waals surface area contributed by atoms with Crippen molar-refractivity contribution in [2.24, 2.45) is 5.73 Å². The number of hydrogen-bond donors (Lipinski definition) is 1. The summed E-state index contributed by atoms with van der Waals surface area (Å²) in [6.07, 6.45) is 1.58. The van der Waals surface area contributed by atoms with Crippen LogP contribution in [0.4, 0.5) is 0 Å². The average Bonchev–Trinajstić information content (AvgIpc) is 2.47. The van der Waals surface area contributed by atoms with Gasteiger partial charge in [0.15, 0.2) is 0 Å². The number of benzene rings is 1. The molecule has 0 aliphatic rings. The Kier molecular flexibility index (Phi) is 4.70. The summed E-state index contributed by atoms with van der Waals surface area (Å²) in [4.78, 5) is 28.9. The van der Waals surface area contributed by atoms with E-state index in [1.54, 1.807) is 54.5 Å². The number of primary amides is 1. The van der Waals surface area contributed by atoms with Crippen LogP contribution in [0, 0.1) is 0 Å². The van der Waals surface area contributed by atoms with Gasteiger partial charge >= 0.3 is 0 Å². The highest BCUT2D eigenvalue weighted by molar-refractivity contribution is 9.10. The number of hydrogen-bond acceptors (Lipinski definition) is 3. The minimum Gasteiger partial charge on any atom is -0.366 e. The zero-order valence-corrected chi connectivity index (χ0v) is 13.0. The van der Waals surface area contributed by atoms with Crippen LogP contribution in [0.5, 0.6) is 0 Å². The largest absolute Gasteiger partial charge is 0.366 e. The molecule has 0 aliphatic heterocycles. The summed E-state index contributed by atoms with van der Waals surface area (Å²) in [5, 5.41) is 0. The van der Waals surface area contributed by atoms with Crippen molar-refractivity contribution in [3.8, 4) is 0 Å². The van der Waals surface area contributed by atoms with E-state index in [4.69, 9.17) is 5.73 Å². The van der Waals surface area contributed by atoms with Crippen molar-refractivity contribution in [1.82, 2.24) is 9.88 Å². The quantitative estimate of drug-likeness (QED) is 0.861. The zero-order chi connectivity index (χ0) is 15.4. The smallest absolute Gasteiger partial charge is 0.254 e. The number of rotatable bonds is 4. The highest BCUT2D eigenvalue weighted by atomic mass is 79.9. The van der Waals surface area contributed by atoms with Crippen molar-refractivity contribution >= 4 is 27.7 Å². The van der Waals surface area contributed by atoms with Crippen LogP contribution in [-0.2, 0) is 6.54 Å². The van der Waals surface area contributed by atoms with E-state index in [2.05, 4.69) is 20.9 Å². The maximum Gasteiger partial charge on any atom is 0.254 e. The molecule has 1 aromatic carbocycles. The van der Waals surface area contributed by atoms with E-state index < -0.39 is 5.91 Å². The molecule has 0 spiro atoms. The highest BCUT2D eigenvalue weighted by Gasteiger charge is 2.12. The van der Waals surface area contributed by atoms with Crippen molar-refractivity contribution in [2.75, 3.05) is 7.05 Å². The predicted molar refractivity (Wildman–Crippen MR) is 82.7 cm³/mol. The van der Waals surface area contributed by atoms with Gasteiger partial charge in [-0.2, -0.15) is 0 Å². The van der Waals surface area contributed by atoms with E-state index in [0.29, 0.717) is 22.3 Å². The summed E-state index contributed by atoms with van der Waals surface area (Å²) in [6.45, 7) is 0.442. The molecule has 108 valence electrons. The number of nitrogens with zero attached hydrogens (tertiary/aromatic N) is 2.